The summed E-state index contributed by atoms with van der Waals surface area (Å²) in [5.74, 6) is -0.217. The van der Waals surface area contributed by atoms with Crippen molar-refractivity contribution in [3.63, 3.8) is 0 Å². The number of benzene rings is 1. The van der Waals surface area contributed by atoms with E-state index >= 15 is 0 Å². The number of carbonyl (C=O) groups is 1. The summed E-state index contributed by atoms with van der Waals surface area (Å²) in [6.07, 6.45) is 1.61. The minimum Gasteiger partial charge on any atom is -0.395 e. The minimum absolute atomic E-state index is 0.0921. The quantitative estimate of drug-likeness (QED) is 0.848. The number of hydrogen-bond donors (Lipinski definition) is 1. The average molecular weight is 319 g/mol. The van der Waals surface area contributed by atoms with E-state index in [1.807, 2.05) is 0 Å². The molecule has 1 aromatic carbocycles. The van der Waals surface area contributed by atoms with E-state index in [0.717, 1.165) is 4.47 Å². The molecule has 0 spiro atoms. The standard InChI is InChI=1S/C12H13BrClNO2/c1-2-5-15(6-7-16)12(17)10-8-9(13)3-4-11(10)14/h2-4,8,16H,1,5-7H2. The van der Waals surface area contributed by atoms with E-state index in [2.05, 4.69) is 22.5 Å². The zero-order valence-corrected chi connectivity index (χ0v) is 11.5. The Bertz CT molecular complexity index is 423. The van der Waals surface area contributed by atoms with Gasteiger partial charge in [-0.05, 0) is 18.2 Å². The third-order valence-electron chi connectivity index (χ3n) is 2.17. The van der Waals surface area contributed by atoms with Crippen LogP contribution in [0, 0.1) is 0 Å². The largest absolute Gasteiger partial charge is 0.395 e. The van der Waals surface area contributed by atoms with Gasteiger partial charge < -0.3 is 10.0 Å². The first-order chi connectivity index (χ1) is 8.10. The zero-order valence-electron chi connectivity index (χ0n) is 9.20. The van der Waals surface area contributed by atoms with Crippen LogP contribution in [-0.4, -0.2) is 35.6 Å². The van der Waals surface area contributed by atoms with Crippen LogP contribution in [0.15, 0.2) is 35.3 Å². The summed E-state index contributed by atoms with van der Waals surface area (Å²) in [7, 11) is 0. The molecule has 1 amide bonds. The van der Waals surface area contributed by atoms with Crippen LogP contribution in [0.3, 0.4) is 0 Å². The third kappa shape index (κ3) is 3.84. The Labute approximate surface area is 114 Å². The highest BCUT2D eigenvalue weighted by atomic mass is 79.9. The molecule has 92 valence electrons. The van der Waals surface area contributed by atoms with Crippen LogP contribution < -0.4 is 0 Å². The highest BCUT2D eigenvalue weighted by Gasteiger charge is 2.17. The Balaban J connectivity index is 2.99. The highest BCUT2D eigenvalue weighted by Crippen LogP contribution is 2.22. The number of aliphatic hydroxyl groups excluding tert-OH is 1. The second-order valence-electron chi connectivity index (χ2n) is 3.39. The third-order valence-corrected chi connectivity index (χ3v) is 2.99. The van der Waals surface area contributed by atoms with Gasteiger partial charge >= 0.3 is 0 Å². The zero-order chi connectivity index (χ0) is 12.8. The summed E-state index contributed by atoms with van der Waals surface area (Å²) >= 11 is 9.27. The average Bonchev–Trinajstić information content (AvgIpc) is 2.31. The summed E-state index contributed by atoms with van der Waals surface area (Å²) < 4.78 is 0.785. The number of carbonyl (C=O) groups excluding carboxylic acids is 1. The Kier molecular flexibility index (Phi) is 5.68. The van der Waals surface area contributed by atoms with E-state index in [0.29, 0.717) is 17.1 Å². The van der Waals surface area contributed by atoms with Crippen LogP contribution in [0.1, 0.15) is 10.4 Å². The first-order valence-corrected chi connectivity index (χ1v) is 6.23. The van der Waals surface area contributed by atoms with E-state index in [1.165, 1.54) is 4.90 Å². The summed E-state index contributed by atoms with van der Waals surface area (Å²) in [4.78, 5) is 13.6. The van der Waals surface area contributed by atoms with Crippen LogP contribution in [-0.2, 0) is 0 Å². The summed E-state index contributed by atoms with van der Waals surface area (Å²) in [6, 6.07) is 5.09. The molecule has 3 nitrogen and oxygen atoms in total. The first kappa shape index (κ1) is 14.2. The number of halogens is 2. The number of hydrogen-bond acceptors (Lipinski definition) is 2. The van der Waals surface area contributed by atoms with Gasteiger partial charge in [-0.2, -0.15) is 0 Å². The van der Waals surface area contributed by atoms with Gasteiger partial charge in [0.25, 0.3) is 5.91 Å². The second-order valence-corrected chi connectivity index (χ2v) is 4.71. The molecule has 1 N–H and O–H groups in total. The van der Waals surface area contributed by atoms with Gasteiger partial charge in [-0.25, -0.2) is 0 Å². The minimum atomic E-state index is -0.217. The Hall–Kier alpha value is -0.840. The maximum Gasteiger partial charge on any atom is 0.255 e. The van der Waals surface area contributed by atoms with Gasteiger partial charge in [-0.15, -0.1) is 6.58 Å². The summed E-state index contributed by atoms with van der Waals surface area (Å²) in [5.41, 5.74) is 0.413. The molecular formula is C12H13BrClNO2. The van der Waals surface area contributed by atoms with Crippen LogP contribution in [0.2, 0.25) is 5.02 Å². The lowest BCUT2D eigenvalue weighted by molar-refractivity contribution is 0.0743. The fourth-order valence-electron chi connectivity index (χ4n) is 1.38. The number of amides is 1. The molecule has 0 saturated carbocycles. The highest BCUT2D eigenvalue weighted by molar-refractivity contribution is 9.10. The molecule has 1 aromatic rings. The molecule has 5 heteroatoms. The van der Waals surface area contributed by atoms with Crippen LogP contribution in [0.4, 0.5) is 0 Å². The Morgan fingerprint density at radius 2 is 2.29 bits per heavy atom. The van der Waals surface area contributed by atoms with Gasteiger partial charge in [-0.3, -0.25) is 4.79 Å². The molecule has 17 heavy (non-hydrogen) atoms. The predicted molar refractivity (Wildman–Crippen MR) is 72.3 cm³/mol. The molecule has 0 aliphatic heterocycles. The van der Waals surface area contributed by atoms with E-state index in [4.69, 9.17) is 16.7 Å². The lowest BCUT2D eigenvalue weighted by Gasteiger charge is -2.20. The lowest BCUT2D eigenvalue weighted by atomic mass is 10.2. The van der Waals surface area contributed by atoms with Crippen molar-refractivity contribution in [2.45, 2.75) is 0 Å². The van der Waals surface area contributed by atoms with Gasteiger partial charge in [0, 0.05) is 17.6 Å². The molecule has 0 aromatic heterocycles. The van der Waals surface area contributed by atoms with Crippen molar-refractivity contribution in [1.29, 1.82) is 0 Å². The summed E-state index contributed by atoms with van der Waals surface area (Å²) in [5, 5.41) is 9.31. The van der Waals surface area contributed by atoms with Gasteiger partial charge in [0.15, 0.2) is 0 Å². The van der Waals surface area contributed by atoms with Crippen molar-refractivity contribution in [2.24, 2.45) is 0 Å². The molecule has 0 aliphatic rings. The van der Waals surface area contributed by atoms with Crippen LogP contribution >= 0.6 is 27.5 Å². The monoisotopic (exact) mass is 317 g/mol. The topological polar surface area (TPSA) is 40.5 Å². The lowest BCUT2D eigenvalue weighted by Crippen LogP contribution is -2.33. The second kappa shape index (κ2) is 6.79. The molecule has 0 heterocycles. The molecule has 0 unspecified atom stereocenters. The Morgan fingerprint density at radius 1 is 1.59 bits per heavy atom. The summed E-state index contributed by atoms with van der Waals surface area (Å²) in [6.45, 7) is 4.12. The van der Waals surface area contributed by atoms with Crippen molar-refractivity contribution < 1.29 is 9.90 Å². The molecule has 0 aliphatic carbocycles. The first-order valence-electron chi connectivity index (χ1n) is 5.06. The number of aliphatic hydroxyl groups is 1. The van der Waals surface area contributed by atoms with Crippen LogP contribution in [0.25, 0.3) is 0 Å². The predicted octanol–water partition coefficient (Wildman–Crippen LogP) is 2.72. The number of nitrogens with zero attached hydrogens (tertiary/aromatic N) is 1. The van der Waals surface area contributed by atoms with Crippen molar-refractivity contribution in [1.82, 2.24) is 4.90 Å². The van der Waals surface area contributed by atoms with Crippen LogP contribution in [0.5, 0.6) is 0 Å². The fraction of sp³-hybridized carbons (Fsp3) is 0.250. The molecule has 0 fully saturated rings. The van der Waals surface area contributed by atoms with Crippen molar-refractivity contribution in [3.05, 3.63) is 45.9 Å². The molecule has 0 atom stereocenters. The molecule has 0 bridgehead atoms. The number of rotatable bonds is 5. The van der Waals surface area contributed by atoms with Crippen molar-refractivity contribution in [3.8, 4) is 0 Å². The van der Waals surface area contributed by atoms with Gasteiger partial charge in [0.05, 0.1) is 17.2 Å². The van der Waals surface area contributed by atoms with Gasteiger partial charge in [0.2, 0.25) is 0 Å². The molecular weight excluding hydrogens is 305 g/mol. The fourth-order valence-corrected chi connectivity index (χ4v) is 1.94. The van der Waals surface area contributed by atoms with Crippen molar-refractivity contribution in [2.75, 3.05) is 19.7 Å². The van der Waals surface area contributed by atoms with E-state index in [9.17, 15) is 4.79 Å². The smallest absolute Gasteiger partial charge is 0.255 e. The SMILES string of the molecule is C=CCN(CCO)C(=O)c1cc(Br)ccc1Cl. The maximum atomic E-state index is 12.2. The van der Waals surface area contributed by atoms with Crippen molar-refractivity contribution >= 4 is 33.4 Å². The molecule has 0 radical (unpaired) electrons. The van der Waals surface area contributed by atoms with E-state index < -0.39 is 0 Å². The maximum absolute atomic E-state index is 12.2. The Morgan fingerprint density at radius 3 is 2.88 bits per heavy atom. The van der Waals surface area contributed by atoms with Gasteiger partial charge in [-0.1, -0.05) is 33.6 Å². The molecule has 0 saturated heterocycles. The van der Waals surface area contributed by atoms with E-state index in [1.54, 1.807) is 24.3 Å². The van der Waals surface area contributed by atoms with E-state index in [-0.39, 0.29) is 19.1 Å². The van der Waals surface area contributed by atoms with Gasteiger partial charge in [0.1, 0.15) is 0 Å². The normalized spacial score (nSPS) is 10.1. The molecule has 1 rings (SSSR count).